The summed E-state index contributed by atoms with van der Waals surface area (Å²) < 4.78 is 10.0. The number of hydrazone groups is 1. The first-order valence-electron chi connectivity index (χ1n) is 7.57. The van der Waals surface area contributed by atoms with E-state index >= 15 is 0 Å². The van der Waals surface area contributed by atoms with Crippen molar-refractivity contribution in [3.63, 3.8) is 0 Å². The summed E-state index contributed by atoms with van der Waals surface area (Å²) in [6.07, 6.45) is 1.99. The number of carbonyl (C=O) groups excluding carboxylic acids is 1. The van der Waals surface area contributed by atoms with Crippen molar-refractivity contribution in [3.8, 4) is 0 Å². The number of methoxy groups -OCH3 is 2. The summed E-state index contributed by atoms with van der Waals surface area (Å²) in [5.74, 6) is 0.148. The van der Waals surface area contributed by atoms with E-state index in [0.717, 1.165) is 31.8 Å². The number of hydrogen-bond acceptors (Lipinski definition) is 6. The van der Waals surface area contributed by atoms with Gasteiger partial charge in [-0.3, -0.25) is 10.3 Å². The van der Waals surface area contributed by atoms with Crippen molar-refractivity contribution in [1.82, 2.24) is 10.3 Å². The van der Waals surface area contributed by atoms with Crippen molar-refractivity contribution >= 4 is 11.7 Å². The van der Waals surface area contributed by atoms with Crippen LogP contribution in [-0.4, -0.2) is 62.6 Å². The number of hydrogen-bond donors (Lipinski definition) is 1. The Hall–Kier alpha value is -1.14. The molecule has 1 aliphatic rings. The summed E-state index contributed by atoms with van der Waals surface area (Å²) in [4.78, 5) is 14.0. The van der Waals surface area contributed by atoms with Crippen LogP contribution < -0.4 is 5.43 Å². The van der Waals surface area contributed by atoms with Crippen molar-refractivity contribution in [2.75, 3.05) is 33.9 Å². The van der Waals surface area contributed by atoms with E-state index in [9.17, 15) is 4.79 Å². The molecule has 21 heavy (non-hydrogen) atoms. The van der Waals surface area contributed by atoms with E-state index in [1.165, 1.54) is 7.11 Å². The van der Waals surface area contributed by atoms with Gasteiger partial charge in [0.2, 0.25) is 0 Å². The lowest BCUT2D eigenvalue weighted by atomic mass is 10.0. The van der Waals surface area contributed by atoms with Gasteiger partial charge in [-0.1, -0.05) is 13.8 Å². The second kappa shape index (κ2) is 9.00. The summed E-state index contributed by atoms with van der Waals surface area (Å²) in [5.41, 5.74) is 3.95. The fraction of sp³-hybridized carbons (Fsp3) is 0.867. The summed E-state index contributed by atoms with van der Waals surface area (Å²) >= 11 is 0. The monoisotopic (exact) mass is 299 g/mol. The smallest absolute Gasteiger partial charge is 0.329 e. The third kappa shape index (κ3) is 6.44. The summed E-state index contributed by atoms with van der Waals surface area (Å²) in [6.45, 7) is 9.09. The molecule has 0 aromatic heterocycles. The first kappa shape index (κ1) is 17.9. The highest BCUT2D eigenvalue weighted by atomic mass is 16.5. The van der Waals surface area contributed by atoms with Crippen LogP contribution in [0.15, 0.2) is 5.10 Å². The van der Waals surface area contributed by atoms with Gasteiger partial charge in [0.05, 0.1) is 13.2 Å². The van der Waals surface area contributed by atoms with E-state index in [0.29, 0.717) is 18.4 Å². The minimum atomic E-state index is -0.369. The molecule has 0 spiro atoms. The Morgan fingerprint density at radius 3 is 2.57 bits per heavy atom. The number of esters is 1. The second-order valence-electron chi connectivity index (χ2n) is 6.05. The quantitative estimate of drug-likeness (QED) is 0.394. The first-order valence-corrected chi connectivity index (χ1v) is 7.57. The number of carbonyl (C=O) groups is 1. The zero-order chi connectivity index (χ0) is 15.8. The van der Waals surface area contributed by atoms with Gasteiger partial charge < -0.3 is 9.47 Å². The average Bonchev–Trinajstić information content (AvgIpc) is 2.40. The Morgan fingerprint density at radius 2 is 2.05 bits per heavy atom. The van der Waals surface area contributed by atoms with E-state index in [-0.39, 0.29) is 12.0 Å². The molecule has 1 fully saturated rings. The van der Waals surface area contributed by atoms with Crippen LogP contribution in [0.3, 0.4) is 0 Å². The molecule has 0 unspecified atom stereocenters. The maximum absolute atomic E-state index is 11.7. The molecule has 6 heteroatoms. The Labute approximate surface area is 127 Å². The van der Waals surface area contributed by atoms with Gasteiger partial charge in [0.1, 0.15) is 6.04 Å². The van der Waals surface area contributed by atoms with Crippen molar-refractivity contribution < 1.29 is 14.3 Å². The van der Waals surface area contributed by atoms with E-state index < -0.39 is 0 Å². The predicted molar refractivity (Wildman–Crippen MR) is 83.4 cm³/mol. The van der Waals surface area contributed by atoms with Crippen LogP contribution in [0.1, 0.15) is 33.6 Å². The fourth-order valence-corrected chi connectivity index (χ4v) is 2.23. The van der Waals surface area contributed by atoms with Gasteiger partial charge in [-0.25, -0.2) is 4.79 Å². The highest BCUT2D eigenvalue weighted by Crippen LogP contribution is 2.11. The highest BCUT2D eigenvalue weighted by Gasteiger charge is 2.25. The molecule has 0 radical (unpaired) electrons. The van der Waals surface area contributed by atoms with E-state index in [4.69, 9.17) is 9.47 Å². The fourth-order valence-electron chi connectivity index (χ4n) is 2.23. The van der Waals surface area contributed by atoms with Crippen LogP contribution in [0.2, 0.25) is 0 Å². The number of rotatable bonds is 9. The van der Waals surface area contributed by atoms with Crippen molar-refractivity contribution in [2.24, 2.45) is 11.0 Å². The minimum Gasteiger partial charge on any atom is -0.467 e. The van der Waals surface area contributed by atoms with Crippen LogP contribution in [-0.2, 0) is 14.3 Å². The molecule has 1 aliphatic heterocycles. The van der Waals surface area contributed by atoms with Gasteiger partial charge in [0, 0.05) is 32.5 Å². The molecule has 0 amide bonds. The van der Waals surface area contributed by atoms with Crippen molar-refractivity contribution in [2.45, 2.75) is 45.8 Å². The molecule has 1 saturated heterocycles. The van der Waals surface area contributed by atoms with Gasteiger partial charge in [0.15, 0.2) is 0 Å². The molecule has 1 rings (SSSR count). The number of nitrogens with zero attached hydrogens (tertiary/aromatic N) is 2. The second-order valence-corrected chi connectivity index (χ2v) is 6.05. The van der Waals surface area contributed by atoms with Crippen LogP contribution in [0.4, 0.5) is 0 Å². The zero-order valence-corrected chi connectivity index (χ0v) is 13.9. The molecule has 1 N–H and O–H groups in total. The molecule has 1 atom stereocenters. The van der Waals surface area contributed by atoms with Gasteiger partial charge in [-0.05, 0) is 25.7 Å². The van der Waals surface area contributed by atoms with Crippen molar-refractivity contribution in [1.29, 1.82) is 0 Å². The normalized spacial score (nSPS) is 18.5. The van der Waals surface area contributed by atoms with Gasteiger partial charge >= 0.3 is 5.97 Å². The maximum atomic E-state index is 11.7. The van der Waals surface area contributed by atoms with E-state index in [2.05, 4.69) is 29.3 Å². The standard InChI is InChI=1S/C15H29N3O3/c1-11(2)8-14(15(19)21-5)17-16-12(3)6-7-18-9-13(10-18)20-4/h11,13-14,17H,6-10H2,1-5H3/b16-12+/t14-/m0/s1. The topological polar surface area (TPSA) is 63.2 Å². The van der Waals surface area contributed by atoms with E-state index in [1.54, 1.807) is 7.11 Å². The Kier molecular flexibility index (Phi) is 7.67. The zero-order valence-electron chi connectivity index (χ0n) is 13.9. The largest absolute Gasteiger partial charge is 0.467 e. The van der Waals surface area contributed by atoms with E-state index in [1.807, 2.05) is 6.92 Å². The number of nitrogens with one attached hydrogen (secondary N) is 1. The number of ether oxygens (including phenoxy) is 2. The van der Waals surface area contributed by atoms with Crippen LogP contribution in [0, 0.1) is 5.92 Å². The molecular weight excluding hydrogens is 270 g/mol. The lowest BCUT2D eigenvalue weighted by Crippen LogP contribution is -2.52. The van der Waals surface area contributed by atoms with Gasteiger partial charge in [-0.15, -0.1) is 0 Å². The first-order chi connectivity index (χ1) is 9.96. The van der Waals surface area contributed by atoms with Crippen molar-refractivity contribution in [3.05, 3.63) is 0 Å². The van der Waals surface area contributed by atoms with Crippen LogP contribution >= 0.6 is 0 Å². The molecule has 0 bridgehead atoms. The Balaban J connectivity index is 2.32. The van der Waals surface area contributed by atoms with Gasteiger partial charge in [0.25, 0.3) is 0 Å². The summed E-state index contributed by atoms with van der Waals surface area (Å²) in [7, 11) is 3.16. The highest BCUT2D eigenvalue weighted by molar-refractivity contribution is 5.82. The molecule has 0 aliphatic carbocycles. The maximum Gasteiger partial charge on any atom is 0.329 e. The molecule has 0 aromatic carbocycles. The van der Waals surface area contributed by atoms with Gasteiger partial charge in [-0.2, -0.15) is 5.10 Å². The molecule has 0 aromatic rings. The van der Waals surface area contributed by atoms with Crippen LogP contribution in [0.25, 0.3) is 0 Å². The number of likely N-dealkylation sites (tertiary alicyclic amines) is 1. The lowest BCUT2D eigenvalue weighted by molar-refractivity contribution is -0.143. The molecular formula is C15H29N3O3. The molecule has 1 heterocycles. The predicted octanol–water partition coefficient (Wildman–Crippen LogP) is 1.26. The third-order valence-electron chi connectivity index (χ3n) is 3.65. The Bertz CT molecular complexity index is 352. The molecule has 0 saturated carbocycles. The minimum absolute atomic E-state index is 0.258. The summed E-state index contributed by atoms with van der Waals surface area (Å²) in [6, 6.07) is -0.369. The SMILES string of the molecule is COC(=O)[C@H](CC(C)C)N/N=C(\C)CCN1CC(OC)C1. The third-order valence-corrected chi connectivity index (χ3v) is 3.65. The summed E-state index contributed by atoms with van der Waals surface area (Å²) in [5, 5.41) is 4.32. The lowest BCUT2D eigenvalue weighted by Gasteiger charge is -2.38. The average molecular weight is 299 g/mol. The Morgan fingerprint density at radius 1 is 1.38 bits per heavy atom. The molecule has 122 valence electrons. The molecule has 6 nitrogen and oxygen atoms in total. The van der Waals surface area contributed by atoms with Crippen LogP contribution in [0.5, 0.6) is 0 Å².